The van der Waals surface area contributed by atoms with E-state index in [4.69, 9.17) is 34.8 Å². The van der Waals surface area contributed by atoms with E-state index in [-0.39, 0.29) is 11.9 Å². The zero-order valence-corrected chi connectivity index (χ0v) is 11.8. The molecule has 0 atom stereocenters. The smallest absolute Gasteiger partial charge is 0.220 e. The molecular weight excluding hydrogens is 280 g/mol. The van der Waals surface area contributed by atoms with Gasteiger partial charge in [0, 0.05) is 30.3 Å². The van der Waals surface area contributed by atoms with Gasteiger partial charge in [0.2, 0.25) is 5.91 Å². The normalized spacial score (nSPS) is 10.6. The Morgan fingerprint density at radius 2 is 1.76 bits per heavy atom. The molecule has 1 aromatic carbocycles. The lowest BCUT2D eigenvalue weighted by molar-refractivity contribution is -0.131. The van der Waals surface area contributed by atoms with Crippen molar-refractivity contribution < 1.29 is 4.79 Å². The van der Waals surface area contributed by atoms with Gasteiger partial charge in [0.1, 0.15) is 0 Å². The van der Waals surface area contributed by atoms with E-state index < -0.39 is 0 Å². The Bertz CT molecular complexity index is 363. The molecule has 0 aromatic heterocycles. The Labute approximate surface area is 116 Å². The molecule has 0 N–H and O–H groups in total. The van der Waals surface area contributed by atoms with Gasteiger partial charge in [-0.05, 0) is 17.7 Å². The number of alkyl halides is 2. The maximum absolute atomic E-state index is 11.6. The van der Waals surface area contributed by atoms with Crippen molar-refractivity contribution in [2.45, 2.75) is 19.5 Å². The van der Waals surface area contributed by atoms with Crippen LogP contribution >= 0.6 is 34.8 Å². The van der Waals surface area contributed by atoms with Crippen molar-refractivity contribution in [2.75, 3.05) is 11.8 Å². The zero-order chi connectivity index (χ0) is 12.8. The molecule has 94 valence electrons. The Hall–Kier alpha value is -0.440. The molecule has 2 nitrogen and oxygen atoms in total. The summed E-state index contributed by atoms with van der Waals surface area (Å²) in [6.45, 7) is 2.01. The van der Waals surface area contributed by atoms with E-state index in [1.54, 1.807) is 17.0 Å². The first-order valence-corrected chi connectivity index (χ1v) is 6.66. The van der Waals surface area contributed by atoms with Crippen molar-refractivity contribution in [3.05, 3.63) is 34.9 Å². The van der Waals surface area contributed by atoms with Crippen LogP contribution in [0.2, 0.25) is 5.02 Å². The van der Waals surface area contributed by atoms with Gasteiger partial charge in [-0.1, -0.05) is 23.7 Å². The third kappa shape index (κ3) is 4.38. The van der Waals surface area contributed by atoms with E-state index in [0.29, 0.717) is 23.3 Å². The molecule has 0 bridgehead atoms. The molecule has 0 aliphatic carbocycles. The largest absolute Gasteiger partial charge is 0.333 e. The minimum atomic E-state index is -0.147. The van der Waals surface area contributed by atoms with Crippen molar-refractivity contribution in [3.8, 4) is 0 Å². The minimum absolute atomic E-state index is 0.0359. The van der Waals surface area contributed by atoms with Crippen LogP contribution < -0.4 is 0 Å². The van der Waals surface area contributed by atoms with E-state index in [9.17, 15) is 4.79 Å². The van der Waals surface area contributed by atoms with Crippen LogP contribution in [0.15, 0.2) is 24.3 Å². The number of carbonyl (C=O) groups is 1. The van der Waals surface area contributed by atoms with Gasteiger partial charge in [0.25, 0.3) is 0 Å². The predicted molar refractivity (Wildman–Crippen MR) is 72.9 cm³/mol. The lowest BCUT2D eigenvalue weighted by Crippen LogP contribution is -2.40. The Balaban J connectivity index is 2.79. The molecule has 17 heavy (non-hydrogen) atoms. The van der Waals surface area contributed by atoms with Crippen LogP contribution in [0, 0.1) is 0 Å². The molecule has 1 amide bonds. The lowest BCUT2D eigenvalue weighted by Gasteiger charge is -2.28. The standard InChI is InChI=1S/C12H14Cl3NO/c1-9(17)16(12(6-13)7-14)8-10-2-4-11(15)5-3-10/h2-5,12H,6-8H2,1H3. The van der Waals surface area contributed by atoms with Gasteiger partial charge in [-0.3, -0.25) is 4.79 Å². The van der Waals surface area contributed by atoms with E-state index in [0.717, 1.165) is 5.56 Å². The number of hydrogen-bond acceptors (Lipinski definition) is 1. The SMILES string of the molecule is CC(=O)N(Cc1ccc(Cl)cc1)C(CCl)CCl. The highest BCUT2D eigenvalue weighted by molar-refractivity contribution is 6.30. The first kappa shape index (κ1) is 14.6. The predicted octanol–water partition coefficient (Wildman–Crippen LogP) is 3.53. The van der Waals surface area contributed by atoms with Gasteiger partial charge in [0.15, 0.2) is 0 Å². The maximum Gasteiger partial charge on any atom is 0.220 e. The summed E-state index contributed by atoms with van der Waals surface area (Å²) < 4.78 is 0. The minimum Gasteiger partial charge on any atom is -0.333 e. The highest BCUT2D eigenvalue weighted by Gasteiger charge is 2.19. The van der Waals surface area contributed by atoms with Crippen LogP contribution in [0.4, 0.5) is 0 Å². The summed E-state index contributed by atoms with van der Waals surface area (Å²) >= 11 is 17.4. The molecule has 5 heteroatoms. The second-order valence-electron chi connectivity index (χ2n) is 3.74. The summed E-state index contributed by atoms with van der Waals surface area (Å²) in [5, 5.41) is 0.675. The molecule has 0 aliphatic heterocycles. The monoisotopic (exact) mass is 293 g/mol. The van der Waals surface area contributed by atoms with Gasteiger partial charge in [-0.2, -0.15) is 0 Å². The van der Waals surface area contributed by atoms with Crippen LogP contribution in [-0.2, 0) is 11.3 Å². The fourth-order valence-electron chi connectivity index (χ4n) is 1.49. The fraction of sp³-hybridized carbons (Fsp3) is 0.417. The number of halogens is 3. The molecule has 1 aromatic rings. The molecule has 1 rings (SSSR count). The molecule has 0 unspecified atom stereocenters. The second-order valence-corrected chi connectivity index (χ2v) is 4.79. The van der Waals surface area contributed by atoms with Crippen LogP contribution in [0.1, 0.15) is 12.5 Å². The van der Waals surface area contributed by atoms with E-state index >= 15 is 0 Å². The summed E-state index contributed by atoms with van der Waals surface area (Å²) in [5.41, 5.74) is 1.00. The molecule has 0 aliphatic rings. The number of nitrogens with zero attached hydrogens (tertiary/aromatic N) is 1. The number of benzene rings is 1. The van der Waals surface area contributed by atoms with Crippen LogP contribution in [0.25, 0.3) is 0 Å². The van der Waals surface area contributed by atoms with Crippen molar-refractivity contribution >= 4 is 40.7 Å². The number of rotatable bonds is 5. The van der Waals surface area contributed by atoms with Crippen LogP contribution in [0.5, 0.6) is 0 Å². The van der Waals surface area contributed by atoms with Crippen molar-refractivity contribution in [1.29, 1.82) is 0 Å². The molecule has 0 fully saturated rings. The molecule has 0 radical (unpaired) electrons. The Morgan fingerprint density at radius 1 is 1.24 bits per heavy atom. The fourth-order valence-corrected chi connectivity index (χ4v) is 2.28. The summed E-state index contributed by atoms with van der Waals surface area (Å²) in [4.78, 5) is 13.2. The van der Waals surface area contributed by atoms with Gasteiger partial charge in [-0.25, -0.2) is 0 Å². The average Bonchev–Trinajstić information content (AvgIpc) is 2.31. The summed E-state index contributed by atoms with van der Waals surface area (Å²) in [7, 11) is 0. The lowest BCUT2D eigenvalue weighted by atomic mass is 10.2. The first-order chi connectivity index (χ1) is 8.08. The molecule has 0 saturated carbocycles. The number of carbonyl (C=O) groups excluding carboxylic acids is 1. The molecular formula is C12H14Cl3NO. The van der Waals surface area contributed by atoms with E-state index in [1.807, 2.05) is 12.1 Å². The number of amides is 1. The first-order valence-electron chi connectivity index (χ1n) is 5.22. The van der Waals surface area contributed by atoms with E-state index in [2.05, 4.69) is 0 Å². The zero-order valence-electron chi connectivity index (χ0n) is 9.50. The van der Waals surface area contributed by atoms with Crippen LogP contribution in [0.3, 0.4) is 0 Å². The van der Waals surface area contributed by atoms with E-state index in [1.165, 1.54) is 6.92 Å². The summed E-state index contributed by atoms with van der Waals surface area (Å²) in [6, 6.07) is 7.22. The molecule has 0 spiro atoms. The molecule has 0 heterocycles. The van der Waals surface area contributed by atoms with Gasteiger partial charge in [-0.15, -0.1) is 23.2 Å². The van der Waals surface area contributed by atoms with Crippen LogP contribution in [-0.4, -0.2) is 28.6 Å². The van der Waals surface area contributed by atoms with Gasteiger partial charge >= 0.3 is 0 Å². The van der Waals surface area contributed by atoms with Crippen molar-refractivity contribution in [3.63, 3.8) is 0 Å². The van der Waals surface area contributed by atoms with Crippen molar-refractivity contribution in [1.82, 2.24) is 4.90 Å². The maximum atomic E-state index is 11.6. The average molecular weight is 295 g/mol. The quantitative estimate of drug-likeness (QED) is 0.761. The highest BCUT2D eigenvalue weighted by Crippen LogP contribution is 2.14. The van der Waals surface area contributed by atoms with Gasteiger partial charge in [0.05, 0.1) is 6.04 Å². The summed E-state index contributed by atoms with van der Waals surface area (Å²) in [5.74, 6) is 0.624. The Morgan fingerprint density at radius 3 is 2.18 bits per heavy atom. The summed E-state index contributed by atoms with van der Waals surface area (Å²) in [6.07, 6.45) is 0. The van der Waals surface area contributed by atoms with Crippen molar-refractivity contribution in [2.24, 2.45) is 0 Å². The Kier molecular flexibility index (Phi) is 6.10. The third-order valence-corrected chi connectivity index (χ3v) is 3.43. The number of hydrogen-bond donors (Lipinski definition) is 0. The molecule has 0 saturated heterocycles. The topological polar surface area (TPSA) is 20.3 Å². The second kappa shape index (κ2) is 7.10. The highest BCUT2D eigenvalue weighted by atomic mass is 35.5. The van der Waals surface area contributed by atoms with Gasteiger partial charge < -0.3 is 4.90 Å². The third-order valence-electron chi connectivity index (χ3n) is 2.47.